The normalized spacial score (nSPS) is 11.2. The lowest BCUT2D eigenvalue weighted by atomic mass is 10.4. The molecule has 0 amide bonds. The van der Waals surface area contributed by atoms with Crippen LogP contribution < -0.4 is 0 Å². The van der Waals surface area contributed by atoms with Crippen LogP contribution in [-0.2, 0) is 6.61 Å². The zero-order chi connectivity index (χ0) is 12.5. The summed E-state index contributed by atoms with van der Waals surface area (Å²) in [6, 6.07) is 7.62. The van der Waals surface area contributed by atoms with Crippen LogP contribution in [-0.4, -0.2) is 14.5 Å². The van der Waals surface area contributed by atoms with E-state index in [1.54, 1.807) is 11.3 Å². The molecule has 18 heavy (non-hydrogen) atoms. The van der Waals surface area contributed by atoms with Crippen LogP contribution in [0.5, 0.6) is 0 Å². The van der Waals surface area contributed by atoms with Crippen LogP contribution in [0.2, 0.25) is 5.02 Å². The summed E-state index contributed by atoms with van der Waals surface area (Å²) in [6.45, 7) is -0.0370. The number of hydrogen-bond acceptors (Lipinski definition) is 4. The summed E-state index contributed by atoms with van der Waals surface area (Å²) in [5.41, 5.74) is 0.802. The van der Waals surface area contributed by atoms with Crippen LogP contribution >= 0.6 is 34.7 Å². The molecule has 0 aliphatic rings. The number of rotatable bonds is 3. The van der Waals surface area contributed by atoms with Crippen molar-refractivity contribution in [3.05, 3.63) is 46.6 Å². The molecule has 0 aliphatic carbocycles. The molecule has 0 saturated heterocycles. The van der Waals surface area contributed by atoms with E-state index in [4.69, 9.17) is 11.6 Å². The predicted octanol–water partition coefficient (Wildman–Crippen LogP) is 3.69. The maximum Gasteiger partial charge on any atom is 0.195 e. The molecule has 0 atom stereocenters. The molecule has 0 spiro atoms. The standard InChI is InChI=1S/C12H9ClN2OS2/c13-8-3-1-2-4-10(8)18-11-9(7-16)15-5-6-17-12(15)14-11/h1-6,16H,7H2. The van der Waals surface area contributed by atoms with E-state index in [9.17, 15) is 5.11 Å². The Balaban J connectivity index is 2.04. The van der Waals surface area contributed by atoms with Gasteiger partial charge >= 0.3 is 0 Å². The zero-order valence-electron chi connectivity index (χ0n) is 9.21. The highest BCUT2D eigenvalue weighted by Gasteiger charge is 2.14. The summed E-state index contributed by atoms with van der Waals surface area (Å²) >= 11 is 9.15. The summed E-state index contributed by atoms with van der Waals surface area (Å²) in [4.78, 5) is 6.33. The van der Waals surface area contributed by atoms with Gasteiger partial charge in [0.1, 0.15) is 5.03 Å². The first kappa shape index (κ1) is 12.0. The highest BCUT2D eigenvalue weighted by molar-refractivity contribution is 7.99. The lowest BCUT2D eigenvalue weighted by Gasteiger charge is -2.02. The van der Waals surface area contributed by atoms with E-state index in [1.807, 2.05) is 40.2 Å². The predicted molar refractivity (Wildman–Crippen MR) is 74.6 cm³/mol. The highest BCUT2D eigenvalue weighted by atomic mass is 35.5. The molecular formula is C12H9ClN2OS2. The molecule has 0 fully saturated rings. The van der Waals surface area contributed by atoms with Gasteiger partial charge in [0.2, 0.25) is 0 Å². The first-order valence-corrected chi connectivity index (χ1v) is 7.34. The second-order valence-corrected chi connectivity index (χ2v) is 5.92. The monoisotopic (exact) mass is 296 g/mol. The number of nitrogens with zero attached hydrogens (tertiary/aromatic N) is 2. The molecule has 1 aromatic carbocycles. The Labute approximate surface area is 117 Å². The molecule has 3 nitrogen and oxygen atoms in total. The zero-order valence-corrected chi connectivity index (χ0v) is 11.6. The third kappa shape index (κ3) is 2.03. The van der Waals surface area contributed by atoms with E-state index in [0.29, 0.717) is 5.02 Å². The minimum Gasteiger partial charge on any atom is -0.390 e. The first-order valence-electron chi connectivity index (χ1n) is 5.27. The second-order valence-electron chi connectivity index (χ2n) is 3.61. The van der Waals surface area contributed by atoms with Crippen molar-refractivity contribution < 1.29 is 5.11 Å². The van der Waals surface area contributed by atoms with Gasteiger partial charge in [-0.25, -0.2) is 4.98 Å². The number of benzene rings is 1. The van der Waals surface area contributed by atoms with Crippen molar-refractivity contribution in [1.29, 1.82) is 0 Å². The van der Waals surface area contributed by atoms with Crippen molar-refractivity contribution >= 4 is 39.7 Å². The van der Waals surface area contributed by atoms with E-state index >= 15 is 0 Å². The van der Waals surface area contributed by atoms with Gasteiger partial charge in [-0.2, -0.15) is 0 Å². The quantitative estimate of drug-likeness (QED) is 0.801. The van der Waals surface area contributed by atoms with Crippen LogP contribution in [0.4, 0.5) is 0 Å². The number of halogens is 1. The van der Waals surface area contributed by atoms with Gasteiger partial charge in [-0.05, 0) is 12.1 Å². The Hall–Kier alpha value is -1.01. The Morgan fingerprint density at radius 3 is 3.00 bits per heavy atom. The smallest absolute Gasteiger partial charge is 0.195 e. The average Bonchev–Trinajstić information content (AvgIpc) is 2.92. The van der Waals surface area contributed by atoms with E-state index in [-0.39, 0.29) is 6.61 Å². The van der Waals surface area contributed by atoms with Crippen LogP contribution in [0.25, 0.3) is 4.96 Å². The molecule has 6 heteroatoms. The van der Waals surface area contributed by atoms with Gasteiger partial charge in [0, 0.05) is 16.5 Å². The average molecular weight is 297 g/mol. The van der Waals surface area contributed by atoms with Gasteiger partial charge in [-0.1, -0.05) is 35.5 Å². The lowest BCUT2D eigenvalue weighted by molar-refractivity contribution is 0.272. The highest BCUT2D eigenvalue weighted by Crippen LogP contribution is 2.35. The van der Waals surface area contributed by atoms with Crippen LogP contribution in [0.1, 0.15) is 5.69 Å². The van der Waals surface area contributed by atoms with Crippen molar-refractivity contribution in [2.45, 2.75) is 16.5 Å². The number of aromatic nitrogens is 2. The summed E-state index contributed by atoms with van der Waals surface area (Å²) in [5.74, 6) is 0. The Morgan fingerprint density at radius 2 is 2.22 bits per heavy atom. The van der Waals surface area contributed by atoms with Crippen molar-refractivity contribution in [2.75, 3.05) is 0 Å². The van der Waals surface area contributed by atoms with Crippen molar-refractivity contribution in [1.82, 2.24) is 9.38 Å². The molecule has 3 rings (SSSR count). The third-order valence-corrected chi connectivity index (χ3v) is 4.81. The molecule has 1 N–H and O–H groups in total. The van der Waals surface area contributed by atoms with Gasteiger partial charge in [-0.15, -0.1) is 11.3 Å². The molecule has 0 saturated carbocycles. The number of hydrogen-bond donors (Lipinski definition) is 1. The van der Waals surface area contributed by atoms with Crippen LogP contribution in [0.15, 0.2) is 45.8 Å². The minimum absolute atomic E-state index is 0.0370. The SMILES string of the molecule is OCc1c(Sc2ccccc2Cl)nc2sccn12. The van der Waals surface area contributed by atoms with Crippen LogP contribution in [0.3, 0.4) is 0 Å². The Bertz CT molecular complexity index is 692. The van der Waals surface area contributed by atoms with Gasteiger partial charge in [0.25, 0.3) is 0 Å². The van der Waals surface area contributed by atoms with Gasteiger partial charge in [-0.3, -0.25) is 4.40 Å². The number of aliphatic hydroxyl groups excluding tert-OH is 1. The fourth-order valence-electron chi connectivity index (χ4n) is 1.67. The lowest BCUT2D eigenvalue weighted by Crippen LogP contribution is -1.90. The van der Waals surface area contributed by atoms with Crippen molar-refractivity contribution in [3.63, 3.8) is 0 Å². The Kier molecular flexibility index (Phi) is 3.30. The van der Waals surface area contributed by atoms with Gasteiger partial charge < -0.3 is 5.11 Å². The summed E-state index contributed by atoms with van der Waals surface area (Å²) in [7, 11) is 0. The molecule has 3 aromatic rings. The number of aliphatic hydroxyl groups is 1. The van der Waals surface area contributed by atoms with Gasteiger partial charge in [0.05, 0.1) is 17.3 Å². The maximum absolute atomic E-state index is 9.47. The van der Waals surface area contributed by atoms with Crippen molar-refractivity contribution in [2.24, 2.45) is 0 Å². The maximum atomic E-state index is 9.47. The number of fused-ring (bicyclic) bond motifs is 1. The molecule has 2 heterocycles. The van der Waals surface area contributed by atoms with Crippen LogP contribution in [0, 0.1) is 0 Å². The first-order chi connectivity index (χ1) is 8.79. The molecule has 0 aliphatic heterocycles. The van der Waals surface area contributed by atoms with Crippen molar-refractivity contribution in [3.8, 4) is 0 Å². The number of imidazole rings is 1. The minimum atomic E-state index is -0.0370. The van der Waals surface area contributed by atoms with Gasteiger partial charge in [0.15, 0.2) is 4.96 Å². The number of thiazole rings is 1. The topological polar surface area (TPSA) is 37.5 Å². The molecule has 92 valence electrons. The molecular weight excluding hydrogens is 288 g/mol. The molecule has 0 radical (unpaired) electrons. The fraction of sp³-hybridized carbons (Fsp3) is 0.0833. The Morgan fingerprint density at radius 1 is 1.39 bits per heavy atom. The van der Waals surface area contributed by atoms with E-state index in [2.05, 4.69) is 4.98 Å². The van der Waals surface area contributed by atoms with E-state index in [0.717, 1.165) is 20.6 Å². The third-order valence-electron chi connectivity index (χ3n) is 2.52. The summed E-state index contributed by atoms with van der Waals surface area (Å²) in [6.07, 6.45) is 1.91. The second kappa shape index (κ2) is 4.93. The largest absolute Gasteiger partial charge is 0.390 e. The summed E-state index contributed by atoms with van der Waals surface area (Å²) in [5, 5.41) is 12.9. The molecule has 0 unspecified atom stereocenters. The molecule has 2 aromatic heterocycles. The van der Waals surface area contributed by atoms with E-state index < -0.39 is 0 Å². The molecule has 0 bridgehead atoms. The van der Waals surface area contributed by atoms with E-state index in [1.165, 1.54) is 11.8 Å². The fourth-order valence-corrected chi connectivity index (χ4v) is 3.65. The summed E-state index contributed by atoms with van der Waals surface area (Å²) < 4.78 is 1.91.